The highest BCUT2D eigenvalue weighted by Gasteiger charge is 2.30. The van der Waals surface area contributed by atoms with Crippen LogP contribution in [0.25, 0.3) is 0 Å². The van der Waals surface area contributed by atoms with Gasteiger partial charge in [0.1, 0.15) is 0 Å². The van der Waals surface area contributed by atoms with E-state index in [4.69, 9.17) is 4.74 Å². The summed E-state index contributed by atoms with van der Waals surface area (Å²) < 4.78 is 5.51. The van der Waals surface area contributed by atoms with E-state index in [9.17, 15) is 0 Å². The fourth-order valence-corrected chi connectivity index (χ4v) is 3.60. The first-order valence-electron chi connectivity index (χ1n) is 7.73. The van der Waals surface area contributed by atoms with Gasteiger partial charge in [-0.25, -0.2) is 0 Å². The highest BCUT2D eigenvalue weighted by Crippen LogP contribution is 2.33. The predicted molar refractivity (Wildman–Crippen MR) is 72.2 cm³/mol. The molecule has 1 aliphatic carbocycles. The van der Waals surface area contributed by atoms with Crippen molar-refractivity contribution >= 4 is 0 Å². The Morgan fingerprint density at radius 1 is 1.00 bits per heavy atom. The van der Waals surface area contributed by atoms with Crippen molar-refractivity contribution in [1.82, 2.24) is 5.32 Å². The first kappa shape index (κ1) is 13.4. The summed E-state index contributed by atoms with van der Waals surface area (Å²) in [5.41, 5.74) is 0. The Balaban J connectivity index is 1.90. The summed E-state index contributed by atoms with van der Waals surface area (Å²) in [6, 6.07) is 0.777. The lowest BCUT2D eigenvalue weighted by Gasteiger charge is -2.38. The molecular weight excluding hydrogens is 210 g/mol. The van der Waals surface area contributed by atoms with Gasteiger partial charge in [0.25, 0.3) is 0 Å². The summed E-state index contributed by atoms with van der Waals surface area (Å²) in [6.07, 6.45) is 11.1. The van der Waals surface area contributed by atoms with E-state index in [2.05, 4.69) is 12.2 Å². The van der Waals surface area contributed by atoms with Gasteiger partial charge in [-0.15, -0.1) is 0 Å². The van der Waals surface area contributed by atoms with Gasteiger partial charge in [0.15, 0.2) is 0 Å². The van der Waals surface area contributed by atoms with E-state index in [-0.39, 0.29) is 0 Å². The molecule has 1 unspecified atom stereocenters. The minimum absolute atomic E-state index is 0.777. The average molecular weight is 239 g/mol. The lowest BCUT2D eigenvalue weighted by molar-refractivity contribution is 0.0405. The van der Waals surface area contributed by atoms with Gasteiger partial charge in [-0.2, -0.15) is 0 Å². The average Bonchev–Trinajstić information content (AvgIpc) is 2.42. The predicted octanol–water partition coefficient (Wildman–Crippen LogP) is 3.36. The number of hydrogen-bond donors (Lipinski definition) is 1. The van der Waals surface area contributed by atoms with Crippen LogP contribution in [0.2, 0.25) is 0 Å². The van der Waals surface area contributed by atoms with Crippen molar-refractivity contribution < 1.29 is 4.74 Å². The highest BCUT2D eigenvalue weighted by molar-refractivity contribution is 4.86. The maximum Gasteiger partial charge on any atom is 0.0469 e. The van der Waals surface area contributed by atoms with Crippen LogP contribution in [0.1, 0.15) is 58.3 Å². The summed E-state index contributed by atoms with van der Waals surface area (Å²) in [5, 5.41) is 3.85. The molecule has 1 saturated heterocycles. The standard InChI is InChI=1S/C15H29NO/c1-2-10-16-15(13-6-4-3-5-7-13)14-8-11-17-12-9-14/h13-16H,2-12H2,1H3. The molecule has 0 radical (unpaired) electrons. The summed E-state index contributed by atoms with van der Waals surface area (Å²) in [5.74, 6) is 1.82. The lowest BCUT2D eigenvalue weighted by atomic mass is 9.76. The van der Waals surface area contributed by atoms with Gasteiger partial charge >= 0.3 is 0 Å². The molecule has 0 aromatic carbocycles. The van der Waals surface area contributed by atoms with Crippen LogP contribution < -0.4 is 5.32 Å². The minimum Gasteiger partial charge on any atom is -0.381 e. The molecule has 2 fully saturated rings. The third-order valence-corrected chi connectivity index (χ3v) is 4.56. The Kier molecular flexibility index (Phi) is 5.79. The summed E-state index contributed by atoms with van der Waals surface area (Å²) in [7, 11) is 0. The van der Waals surface area contributed by atoms with E-state index in [0.717, 1.165) is 31.1 Å². The normalized spacial score (nSPS) is 25.9. The third kappa shape index (κ3) is 3.96. The van der Waals surface area contributed by atoms with E-state index in [1.54, 1.807) is 0 Å². The fraction of sp³-hybridized carbons (Fsp3) is 1.00. The molecule has 0 spiro atoms. The zero-order valence-electron chi connectivity index (χ0n) is 11.4. The van der Waals surface area contributed by atoms with E-state index >= 15 is 0 Å². The SMILES string of the molecule is CCCNC(C1CCCCC1)C1CCOCC1. The zero-order chi connectivity index (χ0) is 11.9. The molecule has 0 amide bonds. The topological polar surface area (TPSA) is 21.3 Å². The molecule has 1 aliphatic heterocycles. The molecule has 0 aromatic rings. The van der Waals surface area contributed by atoms with E-state index in [0.29, 0.717) is 0 Å². The van der Waals surface area contributed by atoms with Crippen molar-refractivity contribution in [1.29, 1.82) is 0 Å². The van der Waals surface area contributed by atoms with Crippen molar-refractivity contribution in [2.24, 2.45) is 11.8 Å². The number of ether oxygens (including phenoxy) is 1. The molecule has 1 heterocycles. The van der Waals surface area contributed by atoms with Crippen LogP contribution in [0.3, 0.4) is 0 Å². The Labute approximate surface area is 107 Å². The summed E-state index contributed by atoms with van der Waals surface area (Å²) >= 11 is 0. The molecule has 2 heteroatoms. The largest absolute Gasteiger partial charge is 0.381 e. The highest BCUT2D eigenvalue weighted by atomic mass is 16.5. The van der Waals surface area contributed by atoms with Crippen LogP contribution in [-0.2, 0) is 4.74 Å². The molecule has 1 N–H and O–H groups in total. The van der Waals surface area contributed by atoms with Gasteiger partial charge in [0.05, 0.1) is 0 Å². The molecule has 2 aliphatic rings. The van der Waals surface area contributed by atoms with Crippen molar-refractivity contribution in [3.8, 4) is 0 Å². The first-order chi connectivity index (χ1) is 8.42. The van der Waals surface area contributed by atoms with Crippen molar-refractivity contribution in [2.75, 3.05) is 19.8 Å². The molecule has 0 aromatic heterocycles. The Bertz CT molecular complexity index is 177. The molecular formula is C15H29NO. The Morgan fingerprint density at radius 2 is 1.65 bits per heavy atom. The number of rotatable bonds is 5. The Hall–Kier alpha value is -0.0800. The molecule has 1 saturated carbocycles. The summed E-state index contributed by atoms with van der Waals surface area (Å²) in [4.78, 5) is 0. The number of hydrogen-bond acceptors (Lipinski definition) is 2. The monoisotopic (exact) mass is 239 g/mol. The summed E-state index contributed by atoms with van der Waals surface area (Å²) in [6.45, 7) is 5.44. The second-order valence-electron chi connectivity index (χ2n) is 5.83. The van der Waals surface area contributed by atoms with Gasteiger partial charge in [-0.1, -0.05) is 26.2 Å². The molecule has 17 heavy (non-hydrogen) atoms. The Morgan fingerprint density at radius 3 is 2.29 bits per heavy atom. The van der Waals surface area contributed by atoms with Crippen LogP contribution in [0.15, 0.2) is 0 Å². The van der Waals surface area contributed by atoms with Gasteiger partial charge < -0.3 is 10.1 Å². The van der Waals surface area contributed by atoms with Crippen LogP contribution in [0, 0.1) is 11.8 Å². The first-order valence-corrected chi connectivity index (χ1v) is 7.73. The molecule has 2 nitrogen and oxygen atoms in total. The fourth-order valence-electron chi connectivity index (χ4n) is 3.60. The molecule has 0 bridgehead atoms. The zero-order valence-corrected chi connectivity index (χ0v) is 11.4. The van der Waals surface area contributed by atoms with E-state index < -0.39 is 0 Å². The van der Waals surface area contributed by atoms with Gasteiger partial charge in [-0.05, 0) is 50.5 Å². The van der Waals surface area contributed by atoms with E-state index in [1.165, 1.54) is 57.9 Å². The lowest BCUT2D eigenvalue weighted by Crippen LogP contribution is -2.45. The second kappa shape index (κ2) is 7.38. The second-order valence-corrected chi connectivity index (χ2v) is 5.83. The van der Waals surface area contributed by atoms with Gasteiger partial charge in [-0.3, -0.25) is 0 Å². The quantitative estimate of drug-likeness (QED) is 0.794. The van der Waals surface area contributed by atoms with Crippen molar-refractivity contribution in [3.05, 3.63) is 0 Å². The van der Waals surface area contributed by atoms with Gasteiger partial charge in [0.2, 0.25) is 0 Å². The van der Waals surface area contributed by atoms with Crippen molar-refractivity contribution in [3.63, 3.8) is 0 Å². The number of nitrogens with one attached hydrogen (secondary N) is 1. The maximum absolute atomic E-state index is 5.51. The van der Waals surface area contributed by atoms with Crippen LogP contribution in [-0.4, -0.2) is 25.8 Å². The third-order valence-electron chi connectivity index (χ3n) is 4.56. The van der Waals surface area contributed by atoms with Crippen molar-refractivity contribution in [2.45, 2.75) is 64.3 Å². The van der Waals surface area contributed by atoms with Crippen LogP contribution in [0.5, 0.6) is 0 Å². The van der Waals surface area contributed by atoms with E-state index in [1.807, 2.05) is 0 Å². The van der Waals surface area contributed by atoms with Crippen LogP contribution in [0.4, 0.5) is 0 Å². The van der Waals surface area contributed by atoms with Crippen LogP contribution >= 0.6 is 0 Å². The minimum atomic E-state index is 0.777. The molecule has 1 atom stereocenters. The molecule has 100 valence electrons. The van der Waals surface area contributed by atoms with Gasteiger partial charge in [0, 0.05) is 19.3 Å². The molecule has 2 rings (SSSR count). The maximum atomic E-state index is 5.51. The smallest absolute Gasteiger partial charge is 0.0469 e.